The summed E-state index contributed by atoms with van der Waals surface area (Å²) in [6.07, 6.45) is 0.0269. The number of anilines is 2. The summed E-state index contributed by atoms with van der Waals surface area (Å²) in [4.78, 5) is 37.6. The van der Waals surface area contributed by atoms with E-state index in [-0.39, 0.29) is 55.0 Å². The van der Waals surface area contributed by atoms with E-state index in [0.717, 1.165) is 0 Å². The molecule has 8 nitrogen and oxygen atoms in total. The molecule has 1 aliphatic heterocycles. The molecular weight excluding hydrogens is 364 g/mol. The number of aromatic hydroxyl groups is 1. The Bertz CT molecular complexity index is 911. The van der Waals surface area contributed by atoms with Crippen LogP contribution in [0.1, 0.15) is 23.7 Å². The van der Waals surface area contributed by atoms with Crippen molar-refractivity contribution in [2.45, 2.75) is 13.3 Å². The highest BCUT2D eigenvalue weighted by atomic mass is 16.5. The summed E-state index contributed by atoms with van der Waals surface area (Å²) in [5.41, 5.74) is 0.979. The van der Waals surface area contributed by atoms with E-state index in [1.54, 1.807) is 25.1 Å². The molecule has 146 valence electrons. The molecule has 2 aromatic carbocycles. The molecule has 0 unspecified atom stereocenters. The van der Waals surface area contributed by atoms with Gasteiger partial charge in [0.15, 0.2) is 6.61 Å². The fourth-order valence-electron chi connectivity index (χ4n) is 2.80. The van der Waals surface area contributed by atoms with E-state index < -0.39 is 5.97 Å². The van der Waals surface area contributed by atoms with Crippen molar-refractivity contribution in [1.82, 2.24) is 0 Å². The van der Waals surface area contributed by atoms with Gasteiger partial charge in [0.1, 0.15) is 11.5 Å². The fourth-order valence-corrected chi connectivity index (χ4v) is 2.80. The summed E-state index contributed by atoms with van der Waals surface area (Å²) < 4.78 is 10.2. The maximum absolute atomic E-state index is 12.3. The van der Waals surface area contributed by atoms with Crippen molar-refractivity contribution in [3.63, 3.8) is 0 Å². The first-order chi connectivity index (χ1) is 13.5. The molecular formula is C20H20N2O6. The number of phenolic OH excluding ortho intramolecular Hbond substituents is 1. The number of nitrogens with one attached hydrogen (secondary N) is 1. The van der Waals surface area contributed by atoms with Crippen LogP contribution < -0.4 is 15.0 Å². The molecule has 2 N–H and O–H groups in total. The minimum atomic E-state index is -0.555. The maximum atomic E-state index is 12.3. The number of para-hydroxylation sites is 2. The van der Waals surface area contributed by atoms with E-state index in [2.05, 4.69) is 5.32 Å². The SMILES string of the molecule is CCOC(=O)c1ccc(NC(=O)CCN2C(=O)COc3ccccc32)c(O)c1. The normalized spacial score (nSPS) is 12.8. The van der Waals surface area contributed by atoms with Crippen molar-refractivity contribution in [1.29, 1.82) is 0 Å². The van der Waals surface area contributed by atoms with Crippen molar-refractivity contribution in [2.24, 2.45) is 0 Å². The zero-order valence-electron chi connectivity index (χ0n) is 15.3. The largest absolute Gasteiger partial charge is 0.506 e. The Hall–Kier alpha value is -3.55. The van der Waals surface area contributed by atoms with Crippen LogP contribution >= 0.6 is 0 Å². The minimum absolute atomic E-state index is 0.0269. The van der Waals surface area contributed by atoms with Crippen LogP contribution in [-0.2, 0) is 14.3 Å². The zero-order valence-corrected chi connectivity index (χ0v) is 15.3. The predicted octanol–water partition coefficient (Wildman–Crippen LogP) is 2.32. The minimum Gasteiger partial charge on any atom is -0.506 e. The Kier molecular flexibility index (Phi) is 5.78. The van der Waals surface area contributed by atoms with E-state index in [0.29, 0.717) is 11.4 Å². The number of carbonyl (C=O) groups is 3. The molecule has 0 saturated carbocycles. The van der Waals surface area contributed by atoms with Crippen LogP contribution in [0.25, 0.3) is 0 Å². The van der Waals surface area contributed by atoms with Crippen molar-refractivity contribution >= 4 is 29.2 Å². The molecule has 0 radical (unpaired) electrons. The summed E-state index contributed by atoms with van der Waals surface area (Å²) in [5, 5.41) is 12.6. The Labute approximate surface area is 161 Å². The molecule has 2 amide bonds. The van der Waals surface area contributed by atoms with Crippen LogP contribution in [-0.4, -0.2) is 42.6 Å². The first-order valence-electron chi connectivity index (χ1n) is 8.81. The average Bonchev–Trinajstić information content (AvgIpc) is 2.69. The van der Waals surface area contributed by atoms with Crippen LogP contribution in [0.2, 0.25) is 0 Å². The molecule has 0 aromatic heterocycles. The van der Waals surface area contributed by atoms with Crippen molar-refractivity contribution in [3.05, 3.63) is 48.0 Å². The Morgan fingerprint density at radius 1 is 1.25 bits per heavy atom. The molecule has 0 bridgehead atoms. The lowest BCUT2D eigenvalue weighted by Crippen LogP contribution is -2.40. The van der Waals surface area contributed by atoms with E-state index in [9.17, 15) is 19.5 Å². The van der Waals surface area contributed by atoms with Gasteiger partial charge in [0, 0.05) is 13.0 Å². The average molecular weight is 384 g/mol. The van der Waals surface area contributed by atoms with Crippen molar-refractivity contribution in [3.8, 4) is 11.5 Å². The highest BCUT2D eigenvalue weighted by Gasteiger charge is 2.25. The highest BCUT2D eigenvalue weighted by molar-refractivity contribution is 5.99. The second-order valence-corrected chi connectivity index (χ2v) is 6.05. The lowest BCUT2D eigenvalue weighted by Gasteiger charge is -2.29. The van der Waals surface area contributed by atoms with Gasteiger partial charge in [0.25, 0.3) is 5.91 Å². The number of esters is 1. The number of rotatable bonds is 6. The number of carbonyl (C=O) groups excluding carboxylic acids is 3. The van der Waals surface area contributed by atoms with Crippen LogP contribution in [0.4, 0.5) is 11.4 Å². The van der Waals surface area contributed by atoms with Gasteiger partial charge in [-0.05, 0) is 37.3 Å². The molecule has 28 heavy (non-hydrogen) atoms. The first kappa shape index (κ1) is 19.2. The molecule has 1 heterocycles. The van der Waals surface area contributed by atoms with Gasteiger partial charge >= 0.3 is 5.97 Å². The quantitative estimate of drug-likeness (QED) is 0.585. The van der Waals surface area contributed by atoms with Gasteiger partial charge in [-0.3, -0.25) is 9.59 Å². The van der Waals surface area contributed by atoms with Gasteiger partial charge in [0.2, 0.25) is 5.91 Å². The monoisotopic (exact) mass is 384 g/mol. The van der Waals surface area contributed by atoms with Gasteiger partial charge in [-0.15, -0.1) is 0 Å². The molecule has 0 atom stereocenters. The number of amides is 2. The number of nitrogens with zero attached hydrogens (tertiary/aromatic N) is 1. The third-order valence-electron chi connectivity index (χ3n) is 4.15. The Balaban J connectivity index is 1.62. The van der Waals surface area contributed by atoms with Crippen LogP contribution in [0.5, 0.6) is 11.5 Å². The van der Waals surface area contributed by atoms with Crippen molar-refractivity contribution < 1.29 is 29.0 Å². The molecule has 2 aromatic rings. The van der Waals surface area contributed by atoms with Gasteiger partial charge in [-0.25, -0.2) is 4.79 Å². The topological polar surface area (TPSA) is 105 Å². The third-order valence-corrected chi connectivity index (χ3v) is 4.15. The molecule has 8 heteroatoms. The van der Waals surface area contributed by atoms with E-state index in [1.165, 1.54) is 23.1 Å². The number of hydrogen-bond donors (Lipinski definition) is 2. The number of phenols is 1. The number of ether oxygens (including phenoxy) is 2. The van der Waals surface area contributed by atoms with Crippen molar-refractivity contribution in [2.75, 3.05) is 30.0 Å². The highest BCUT2D eigenvalue weighted by Crippen LogP contribution is 2.31. The fraction of sp³-hybridized carbons (Fsp3) is 0.250. The summed E-state index contributed by atoms with van der Waals surface area (Å²) >= 11 is 0. The number of benzene rings is 2. The van der Waals surface area contributed by atoms with Crippen LogP contribution in [0, 0.1) is 0 Å². The van der Waals surface area contributed by atoms with E-state index in [4.69, 9.17) is 9.47 Å². The van der Waals surface area contributed by atoms with Crippen LogP contribution in [0.3, 0.4) is 0 Å². The number of fused-ring (bicyclic) bond motifs is 1. The molecule has 0 spiro atoms. The molecule has 0 aliphatic carbocycles. The lowest BCUT2D eigenvalue weighted by atomic mass is 10.2. The smallest absolute Gasteiger partial charge is 0.338 e. The van der Waals surface area contributed by atoms with Gasteiger partial charge < -0.3 is 24.8 Å². The third kappa shape index (κ3) is 4.22. The summed E-state index contributed by atoms with van der Waals surface area (Å²) in [7, 11) is 0. The Morgan fingerprint density at radius 3 is 2.79 bits per heavy atom. The van der Waals surface area contributed by atoms with Gasteiger partial charge in [-0.2, -0.15) is 0 Å². The first-order valence-corrected chi connectivity index (χ1v) is 8.81. The lowest BCUT2D eigenvalue weighted by molar-refractivity contribution is -0.121. The van der Waals surface area contributed by atoms with E-state index >= 15 is 0 Å². The Morgan fingerprint density at radius 2 is 2.04 bits per heavy atom. The van der Waals surface area contributed by atoms with Gasteiger partial charge in [0.05, 0.1) is 23.5 Å². The van der Waals surface area contributed by atoms with Crippen LogP contribution in [0.15, 0.2) is 42.5 Å². The second kappa shape index (κ2) is 8.43. The van der Waals surface area contributed by atoms with E-state index in [1.807, 2.05) is 6.07 Å². The molecule has 3 rings (SSSR count). The predicted molar refractivity (Wildman–Crippen MR) is 102 cm³/mol. The van der Waals surface area contributed by atoms with Gasteiger partial charge in [-0.1, -0.05) is 12.1 Å². The summed E-state index contributed by atoms with van der Waals surface area (Å²) in [6, 6.07) is 11.2. The zero-order chi connectivity index (χ0) is 20.1. The standard InChI is InChI=1S/C20H20N2O6/c1-2-27-20(26)13-7-8-14(16(23)11-13)21-18(24)9-10-22-15-5-3-4-6-17(15)28-12-19(22)25/h3-8,11,23H,2,9-10,12H2,1H3,(H,21,24). The molecule has 0 fully saturated rings. The second-order valence-electron chi connectivity index (χ2n) is 6.05. The molecule has 1 aliphatic rings. The molecule has 0 saturated heterocycles. The number of hydrogen-bond acceptors (Lipinski definition) is 6. The maximum Gasteiger partial charge on any atom is 0.338 e. The summed E-state index contributed by atoms with van der Waals surface area (Å²) in [5.74, 6) is -0.814. The summed E-state index contributed by atoms with van der Waals surface area (Å²) in [6.45, 7) is 2.01.